The van der Waals surface area contributed by atoms with Crippen LogP contribution in [0.2, 0.25) is 0 Å². The second-order valence-electron chi connectivity index (χ2n) is 8.27. The molecule has 0 aliphatic carbocycles. The molecule has 3 heterocycles. The first-order chi connectivity index (χ1) is 16.5. The van der Waals surface area contributed by atoms with E-state index in [4.69, 9.17) is 14.2 Å². The molecule has 8 nitrogen and oxygen atoms in total. The summed E-state index contributed by atoms with van der Waals surface area (Å²) in [7, 11) is 5.17. The third-order valence-electron chi connectivity index (χ3n) is 6.08. The van der Waals surface area contributed by atoms with Crippen LogP contribution in [-0.4, -0.2) is 44.6 Å². The third-order valence-corrected chi connectivity index (χ3v) is 7.22. The number of ether oxygens (including phenoxy) is 3. The zero-order valence-electron chi connectivity index (χ0n) is 19.1. The van der Waals surface area contributed by atoms with Crippen LogP contribution in [0.4, 0.5) is 5.00 Å². The molecule has 2 aliphatic rings. The molecular formula is C25H25N3O5S. The Morgan fingerprint density at radius 2 is 1.85 bits per heavy atom. The highest BCUT2D eigenvalue weighted by Crippen LogP contribution is 2.41. The molecule has 9 heteroatoms. The zero-order chi connectivity index (χ0) is 23.8. The number of fused-ring (bicyclic) bond motifs is 3. The molecule has 2 N–H and O–H groups in total. The molecule has 1 amide bonds. The van der Waals surface area contributed by atoms with Gasteiger partial charge in [-0.1, -0.05) is 6.07 Å². The Morgan fingerprint density at radius 1 is 1.06 bits per heavy atom. The van der Waals surface area contributed by atoms with Gasteiger partial charge in [-0.3, -0.25) is 4.79 Å². The lowest BCUT2D eigenvalue weighted by Crippen LogP contribution is -2.38. The number of nitrogens with one attached hydrogen (secondary N) is 2. The van der Waals surface area contributed by atoms with Crippen LogP contribution in [0.5, 0.6) is 17.2 Å². The molecule has 0 spiro atoms. The van der Waals surface area contributed by atoms with E-state index in [-0.39, 0.29) is 5.91 Å². The number of esters is 1. The van der Waals surface area contributed by atoms with E-state index in [1.807, 2.05) is 6.07 Å². The van der Waals surface area contributed by atoms with E-state index < -0.39 is 12.1 Å². The molecule has 1 aromatic heterocycles. The first kappa shape index (κ1) is 22.2. The zero-order valence-corrected chi connectivity index (χ0v) is 20.0. The summed E-state index contributed by atoms with van der Waals surface area (Å²) >= 11 is 1.64. The van der Waals surface area contributed by atoms with Crippen LogP contribution in [0.1, 0.15) is 42.9 Å². The van der Waals surface area contributed by atoms with Gasteiger partial charge in [-0.15, -0.1) is 11.3 Å². The van der Waals surface area contributed by atoms with E-state index in [9.17, 15) is 9.59 Å². The molecule has 0 unspecified atom stereocenters. The van der Waals surface area contributed by atoms with Gasteiger partial charge in [0.05, 0.1) is 25.3 Å². The molecule has 3 aromatic rings. The average Bonchev–Trinajstić information content (AvgIpc) is 3.22. The Kier molecular flexibility index (Phi) is 5.89. The number of thiophene rings is 1. The van der Waals surface area contributed by atoms with E-state index in [0.717, 1.165) is 41.2 Å². The monoisotopic (exact) mass is 479 g/mol. The molecule has 5 rings (SSSR count). The standard InChI is InChI=1S/C25H25N3O5S/c1-28-11-10-17-20(13-28)34-24-21(17)23(29)26-22(27-24)15-6-9-18(19(12-15)32-3)33-25(30)14-4-7-16(31-2)8-5-14/h4-9,12,22,27H,10-11,13H2,1-3H3,(H,26,29)/t22-/m0/s1. The van der Waals surface area contributed by atoms with Crippen LogP contribution in [0.3, 0.4) is 0 Å². The quantitative estimate of drug-likeness (QED) is 0.425. The molecule has 0 bridgehead atoms. The van der Waals surface area contributed by atoms with Gasteiger partial charge in [0.2, 0.25) is 0 Å². The number of hydrogen-bond acceptors (Lipinski definition) is 8. The molecule has 0 saturated heterocycles. The largest absolute Gasteiger partial charge is 0.497 e. The van der Waals surface area contributed by atoms with Gasteiger partial charge in [-0.05, 0) is 61.0 Å². The number of rotatable bonds is 5. The Bertz CT molecular complexity index is 1250. The van der Waals surface area contributed by atoms with Crippen molar-refractivity contribution in [3.8, 4) is 17.2 Å². The summed E-state index contributed by atoms with van der Waals surface area (Å²) in [4.78, 5) is 29.1. The van der Waals surface area contributed by atoms with Gasteiger partial charge in [0, 0.05) is 18.0 Å². The maximum absolute atomic E-state index is 13.0. The molecular weight excluding hydrogens is 454 g/mol. The maximum atomic E-state index is 13.0. The van der Waals surface area contributed by atoms with Gasteiger partial charge in [0.1, 0.15) is 16.9 Å². The third kappa shape index (κ3) is 4.08. The Morgan fingerprint density at radius 3 is 2.59 bits per heavy atom. The lowest BCUT2D eigenvalue weighted by molar-refractivity contribution is 0.0729. The van der Waals surface area contributed by atoms with Gasteiger partial charge in [0.15, 0.2) is 11.5 Å². The Balaban J connectivity index is 1.36. The molecule has 34 heavy (non-hydrogen) atoms. The number of likely N-dealkylation sites (N-methyl/N-ethyl adjacent to an activating group) is 1. The first-order valence-corrected chi connectivity index (χ1v) is 11.7. The van der Waals surface area contributed by atoms with E-state index in [1.54, 1.807) is 54.8 Å². The molecule has 0 saturated carbocycles. The summed E-state index contributed by atoms with van der Waals surface area (Å²) in [6, 6.07) is 11.9. The van der Waals surface area contributed by atoms with Crippen molar-refractivity contribution < 1.29 is 23.8 Å². The number of carbonyl (C=O) groups excluding carboxylic acids is 2. The predicted molar refractivity (Wildman–Crippen MR) is 129 cm³/mol. The van der Waals surface area contributed by atoms with Crippen LogP contribution in [0.25, 0.3) is 0 Å². The fraction of sp³-hybridized carbons (Fsp3) is 0.280. The Hall–Kier alpha value is -3.56. The second-order valence-corrected chi connectivity index (χ2v) is 9.38. The van der Waals surface area contributed by atoms with Crippen molar-refractivity contribution >= 4 is 28.2 Å². The van der Waals surface area contributed by atoms with Crippen LogP contribution in [0.15, 0.2) is 42.5 Å². The minimum atomic E-state index is -0.503. The number of nitrogens with zero attached hydrogens (tertiary/aromatic N) is 1. The summed E-state index contributed by atoms with van der Waals surface area (Å²) in [6.07, 6.45) is 0.456. The van der Waals surface area contributed by atoms with Crippen molar-refractivity contribution in [2.45, 2.75) is 19.1 Å². The van der Waals surface area contributed by atoms with Crippen molar-refractivity contribution in [2.75, 3.05) is 33.1 Å². The SMILES string of the molecule is COc1ccc(C(=O)Oc2ccc([C@H]3NC(=O)c4c(sc5c4CCN(C)C5)N3)cc2OC)cc1. The van der Waals surface area contributed by atoms with Crippen molar-refractivity contribution in [3.63, 3.8) is 0 Å². The first-order valence-electron chi connectivity index (χ1n) is 10.9. The highest BCUT2D eigenvalue weighted by molar-refractivity contribution is 7.16. The fourth-order valence-corrected chi connectivity index (χ4v) is 5.60. The lowest BCUT2D eigenvalue weighted by Gasteiger charge is -2.27. The number of benzene rings is 2. The molecule has 176 valence electrons. The normalized spacial score (nSPS) is 17.1. The van der Waals surface area contributed by atoms with Gasteiger partial charge in [-0.2, -0.15) is 0 Å². The topological polar surface area (TPSA) is 89.1 Å². The van der Waals surface area contributed by atoms with Crippen molar-refractivity contribution in [2.24, 2.45) is 0 Å². The van der Waals surface area contributed by atoms with Crippen LogP contribution >= 0.6 is 11.3 Å². The van der Waals surface area contributed by atoms with E-state index in [1.165, 1.54) is 12.0 Å². The molecule has 1 atom stereocenters. The number of amides is 1. The minimum absolute atomic E-state index is 0.0743. The van der Waals surface area contributed by atoms with Crippen molar-refractivity contribution in [1.82, 2.24) is 10.2 Å². The van der Waals surface area contributed by atoms with Gasteiger partial charge in [0.25, 0.3) is 5.91 Å². The van der Waals surface area contributed by atoms with Crippen LogP contribution in [-0.2, 0) is 13.0 Å². The molecule has 2 aliphatic heterocycles. The predicted octanol–water partition coefficient (Wildman–Crippen LogP) is 3.83. The van der Waals surface area contributed by atoms with E-state index in [2.05, 4.69) is 22.6 Å². The summed E-state index contributed by atoms with van der Waals surface area (Å²) in [6.45, 7) is 1.80. The van der Waals surface area contributed by atoms with Gasteiger partial charge < -0.3 is 29.7 Å². The van der Waals surface area contributed by atoms with Gasteiger partial charge in [-0.25, -0.2) is 4.79 Å². The van der Waals surface area contributed by atoms with Gasteiger partial charge >= 0.3 is 5.97 Å². The maximum Gasteiger partial charge on any atom is 0.343 e. The minimum Gasteiger partial charge on any atom is -0.497 e. The molecule has 0 fully saturated rings. The van der Waals surface area contributed by atoms with Crippen LogP contribution in [0, 0.1) is 0 Å². The van der Waals surface area contributed by atoms with E-state index >= 15 is 0 Å². The highest BCUT2D eigenvalue weighted by atomic mass is 32.1. The number of carbonyl (C=O) groups is 2. The number of methoxy groups -OCH3 is 2. The fourth-order valence-electron chi connectivity index (χ4n) is 4.24. The van der Waals surface area contributed by atoms with Crippen molar-refractivity contribution in [3.05, 3.63) is 69.6 Å². The summed E-state index contributed by atoms with van der Waals surface area (Å²) < 4.78 is 16.2. The molecule has 2 aromatic carbocycles. The van der Waals surface area contributed by atoms with Crippen LogP contribution < -0.4 is 24.8 Å². The highest BCUT2D eigenvalue weighted by Gasteiger charge is 2.33. The number of hydrogen-bond donors (Lipinski definition) is 2. The number of anilines is 1. The second kappa shape index (κ2) is 9.00. The molecule has 0 radical (unpaired) electrons. The van der Waals surface area contributed by atoms with Crippen molar-refractivity contribution in [1.29, 1.82) is 0 Å². The summed E-state index contributed by atoms with van der Waals surface area (Å²) in [5.74, 6) is 0.770. The smallest absolute Gasteiger partial charge is 0.343 e. The summed E-state index contributed by atoms with van der Waals surface area (Å²) in [5, 5.41) is 7.40. The lowest BCUT2D eigenvalue weighted by atomic mass is 10.0. The Labute approximate surface area is 201 Å². The summed E-state index contributed by atoms with van der Waals surface area (Å²) in [5.41, 5.74) is 3.11. The van der Waals surface area contributed by atoms with E-state index in [0.29, 0.717) is 22.8 Å². The average molecular weight is 480 g/mol.